The van der Waals surface area contributed by atoms with Crippen LogP contribution in [0, 0.1) is 0 Å². The van der Waals surface area contributed by atoms with E-state index in [-0.39, 0.29) is 6.04 Å². The van der Waals surface area contributed by atoms with Crippen LogP contribution in [0.5, 0.6) is 0 Å². The van der Waals surface area contributed by atoms with Gasteiger partial charge in [0.2, 0.25) is 5.96 Å². The van der Waals surface area contributed by atoms with Gasteiger partial charge in [0.25, 0.3) is 0 Å². The zero-order valence-corrected chi connectivity index (χ0v) is 11.6. The van der Waals surface area contributed by atoms with Crippen LogP contribution in [-0.4, -0.2) is 32.3 Å². The molecule has 0 aromatic heterocycles. The molecule has 1 aliphatic rings. The molecular weight excluding hydrogens is 240 g/mol. The lowest BCUT2D eigenvalue weighted by Crippen LogP contribution is -2.47. The molecular formula is C14H22N4O. The summed E-state index contributed by atoms with van der Waals surface area (Å²) in [6.07, 6.45) is 2.22. The molecule has 3 N–H and O–H groups in total. The SMILES string of the molecule is COCC(C)N=C(NN)N1CCCc2ccccc21. The standard InChI is InChI=1S/C14H22N4O/c1-11(10-19-2)16-14(17-15)18-9-5-7-12-6-3-4-8-13(12)18/h3-4,6,8,11H,5,7,9-10,15H2,1-2H3,(H,16,17). The molecule has 0 saturated carbocycles. The molecule has 1 heterocycles. The summed E-state index contributed by atoms with van der Waals surface area (Å²) in [6.45, 7) is 3.52. The van der Waals surface area contributed by atoms with Crippen molar-refractivity contribution in [2.75, 3.05) is 25.2 Å². The first-order valence-electron chi connectivity index (χ1n) is 6.65. The second kappa shape index (κ2) is 6.54. The quantitative estimate of drug-likeness (QED) is 0.373. The number of nitrogens with one attached hydrogen (secondary N) is 1. The fourth-order valence-corrected chi connectivity index (χ4v) is 2.43. The summed E-state index contributed by atoms with van der Waals surface area (Å²) in [5.41, 5.74) is 5.26. The summed E-state index contributed by atoms with van der Waals surface area (Å²) < 4.78 is 5.11. The number of fused-ring (bicyclic) bond motifs is 1. The smallest absolute Gasteiger partial charge is 0.213 e. The number of para-hydroxylation sites is 1. The number of hydrazine groups is 1. The number of ether oxygens (including phenoxy) is 1. The van der Waals surface area contributed by atoms with E-state index in [2.05, 4.69) is 33.5 Å². The minimum absolute atomic E-state index is 0.0742. The van der Waals surface area contributed by atoms with Gasteiger partial charge >= 0.3 is 0 Å². The summed E-state index contributed by atoms with van der Waals surface area (Å²) in [4.78, 5) is 6.73. The maximum atomic E-state index is 5.64. The largest absolute Gasteiger partial charge is 0.382 e. The first-order chi connectivity index (χ1) is 9.26. The van der Waals surface area contributed by atoms with Crippen molar-refractivity contribution < 1.29 is 4.74 Å². The van der Waals surface area contributed by atoms with Crippen molar-refractivity contribution in [1.29, 1.82) is 0 Å². The number of aliphatic imine (C=N–C) groups is 1. The third-order valence-electron chi connectivity index (χ3n) is 3.25. The molecule has 5 nitrogen and oxygen atoms in total. The van der Waals surface area contributed by atoms with Crippen molar-refractivity contribution in [2.24, 2.45) is 10.8 Å². The van der Waals surface area contributed by atoms with E-state index in [0.717, 1.165) is 19.4 Å². The highest BCUT2D eigenvalue weighted by atomic mass is 16.5. The molecule has 104 valence electrons. The van der Waals surface area contributed by atoms with Crippen LogP contribution in [0.15, 0.2) is 29.3 Å². The number of hydrogen-bond donors (Lipinski definition) is 2. The second-order valence-corrected chi connectivity index (χ2v) is 4.79. The van der Waals surface area contributed by atoms with Gasteiger partial charge in [0.05, 0.1) is 12.6 Å². The number of benzene rings is 1. The Labute approximate surface area is 114 Å². The second-order valence-electron chi connectivity index (χ2n) is 4.79. The van der Waals surface area contributed by atoms with Crippen LogP contribution in [-0.2, 0) is 11.2 Å². The van der Waals surface area contributed by atoms with Crippen LogP contribution < -0.4 is 16.2 Å². The average Bonchev–Trinajstić information content (AvgIpc) is 2.44. The van der Waals surface area contributed by atoms with E-state index in [0.29, 0.717) is 12.6 Å². The zero-order chi connectivity index (χ0) is 13.7. The Hall–Kier alpha value is -1.59. The van der Waals surface area contributed by atoms with Crippen molar-refractivity contribution in [3.63, 3.8) is 0 Å². The van der Waals surface area contributed by atoms with Crippen molar-refractivity contribution in [1.82, 2.24) is 5.43 Å². The summed E-state index contributed by atoms with van der Waals surface area (Å²) in [7, 11) is 1.68. The Morgan fingerprint density at radius 2 is 2.32 bits per heavy atom. The van der Waals surface area contributed by atoms with Crippen molar-refractivity contribution in [2.45, 2.75) is 25.8 Å². The maximum Gasteiger partial charge on any atom is 0.213 e. The first kappa shape index (κ1) is 13.8. The number of aryl methyl sites for hydroxylation is 1. The Balaban J connectivity index is 2.25. The molecule has 2 rings (SSSR count). The molecule has 0 saturated heterocycles. The number of anilines is 1. The van der Waals surface area contributed by atoms with Crippen LogP contribution in [0.2, 0.25) is 0 Å². The van der Waals surface area contributed by atoms with Crippen molar-refractivity contribution in [3.05, 3.63) is 29.8 Å². The minimum atomic E-state index is 0.0742. The van der Waals surface area contributed by atoms with Gasteiger partial charge in [-0.3, -0.25) is 5.43 Å². The van der Waals surface area contributed by atoms with E-state index in [4.69, 9.17) is 10.6 Å². The lowest BCUT2D eigenvalue weighted by atomic mass is 10.0. The Morgan fingerprint density at radius 3 is 3.05 bits per heavy atom. The van der Waals surface area contributed by atoms with Gasteiger partial charge in [-0.05, 0) is 31.4 Å². The molecule has 0 spiro atoms. The highest BCUT2D eigenvalue weighted by Crippen LogP contribution is 2.26. The van der Waals surface area contributed by atoms with E-state index in [9.17, 15) is 0 Å². The van der Waals surface area contributed by atoms with Gasteiger partial charge < -0.3 is 9.64 Å². The summed E-state index contributed by atoms with van der Waals surface area (Å²) in [5.74, 6) is 6.35. The Morgan fingerprint density at radius 1 is 1.53 bits per heavy atom. The molecule has 0 fully saturated rings. The predicted octanol–water partition coefficient (Wildman–Crippen LogP) is 1.29. The normalized spacial score (nSPS) is 17.0. The molecule has 1 aromatic rings. The molecule has 0 aliphatic carbocycles. The van der Waals surface area contributed by atoms with Crippen molar-refractivity contribution >= 4 is 11.6 Å². The molecule has 19 heavy (non-hydrogen) atoms. The fraction of sp³-hybridized carbons (Fsp3) is 0.500. The summed E-state index contributed by atoms with van der Waals surface area (Å²) >= 11 is 0. The van der Waals surface area contributed by atoms with Crippen LogP contribution in [0.1, 0.15) is 18.9 Å². The van der Waals surface area contributed by atoms with Gasteiger partial charge in [-0.15, -0.1) is 0 Å². The third-order valence-corrected chi connectivity index (χ3v) is 3.25. The molecule has 1 aromatic carbocycles. The molecule has 0 bridgehead atoms. The van der Waals surface area contributed by atoms with Gasteiger partial charge in [-0.25, -0.2) is 10.8 Å². The number of nitrogens with zero attached hydrogens (tertiary/aromatic N) is 2. The van der Waals surface area contributed by atoms with Crippen LogP contribution in [0.3, 0.4) is 0 Å². The number of hydrogen-bond acceptors (Lipinski definition) is 3. The van der Waals surface area contributed by atoms with E-state index in [1.54, 1.807) is 7.11 Å². The predicted molar refractivity (Wildman–Crippen MR) is 78.2 cm³/mol. The number of methoxy groups -OCH3 is 1. The van der Waals surface area contributed by atoms with E-state index in [1.807, 2.05) is 13.0 Å². The molecule has 1 atom stereocenters. The van der Waals surface area contributed by atoms with Gasteiger partial charge in [-0.1, -0.05) is 18.2 Å². The monoisotopic (exact) mass is 262 g/mol. The fourth-order valence-electron chi connectivity index (χ4n) is 2.43. The van der Waals surface area contributed by atoms with Crippen LogP contribution in [0.4, 0.5) is 5.69 Å². The minimum Gasteiger partial charge on any atom is -0.382 e. The topological polar surface area (TPSA) is 62.9 Å². The van der Waals surface area contributed by atoms with Gasteiger partial charge in [0, 0.05) is 19.3 Å². The van der Waals surface area contributed by atoms with Gasteiger partial charge in [0.1, 0.15) is 0 Å². The molecule has 1 aliphatic heterocycles. The number of rotatable bonds is 3. The molecule has 0 amide bonds. The van der Waals surface area contributed by atoms with E-state index < -0.39 is 0 Å². The summed E-state index contributed by atoms with van der Waals surface area (Å²) in [6, 6.07) is 8.47. The molecule has 0 radical (unpaired) electrons. The Bertz CT molecular complexity index is 447. The van der Waals surface area contributed by atoms with E-state index in [1.165, 1.54) is 11.3 Å². The first-order valence-corrected chi connectivity index (χ1v) is 6.65. The maximum absolute atomic E-state index is 5.64. The summed E-state index contributed by atoms with van der Waals surface area (Å²) in [5, 5.41) is 0. The number of nitrogens with two attached hydrogens (primary N) is 1. The molecule has 1 unspecified atom stereocenters. The van der Waals surface area contributed by atoms with Gasteiger partial charge in [0.15, 0.2) is 0 Å². The number of guanidine groups is 1. The average molecular weight is 262 g/mol. The van der Waals surface area contributed by atoms with Crippen LogP contribution in [0.25, 0.3) is 0 Å². The van der Waals surface area contributed by atoms with E-state index >= 15 is 0 Å². The van der Waals surface area contributed by atoms with Gasteiger partial charge in [-0.2, -0.15) is 0 Å². The highest BCUT2D eigenvalue weighted by molar-refractivity contribution is 5.96. The lowest BCUT2D eigenvalue weighted by Gasteiger charge is -2.32. The zero-order valence-electron chi connectivity index (χ0n) is 11.6. The van der Waals surface area contributed by atoms with Crippen molar-refractivity contribution in [3.8, 4) is 0 Å². The van der Waals surface area contributed by atoms with Crippen LogP contribution >= 0.6 is 0 Å². The highest BCUT2D eigenvalue weighted by Gasteiger charge is 2.20. The molecule has 5 heteroatoms. The lowest BCUT2D eigenvalue weighted by molar-refractivity contribution is 0.185. The third kappa shape index (κ3) is 3.24. The Kier molecular flexibility index (Phi) is 4.76.